The van der Waals surface area contributed by atoms with Gasteiger partial charge in [-0.15, -0.1) is 24.8 Å². The Hall–Kier alpha value is 0.461. The van der Waals surface area contributed by atoms with Crippen molar-refractivity contribution in [1.82, 2.24) is 0 Å². The fraction of sp³-hybridized carbons (Fsp3) is 0.333. The summed E-state index contributed by atoms with van der Waals surface area (Å²) in [6.45, 7) is 4.82. The number of hydrogen-bond acceptors (Lipinski definition) is 1. The zero-order valence-corrected chi connectivity index (χ0v) is 13.3. The van der Waals surface area contributed by atoms with Gasteiger partial charge in [-0.05, 0) is 0 Å². The van der Waals surface area contributed by atoms with Crippen molar-refractivity contribution in [1.29, 1.82) is 0 Å². The monoisotopic (exact) mass is 305 g/mol. The van der Waals surface area contributed by atoms with Gasteiger partial charge in [-0.2, -0.15) is 0 Å². The summed E-state index contributed by atoms with van der Waals surface area (Å²) in [6, 6.07) is 7.61. The molecule has 0 aliphatic heterocycles. The number of rotatable bonds is 3. The quantitative estimate of drug-likeness (QED) is 0.775. The molecular weight excluding hydrogens is 290 g/mol. The Morgan fingerprint density at radius 1 is 1.27 bits per heavy atom. The fourth-order valence-electron chi connectivity index (χ4n) is 0.909. The maximum atomic E-state index is 13.3. The summed E-state index contributed by atoms with van der Waals surface area (Å²) in [5, 5.41) is 0. The van der Waals surface area contributed by atoms with Gasteiger partial charge in [0.25, 0.3) is 0 Å². The molecule has 0 saturated carbocycles. The second-order valence-corrected chi connectivity index (χ2v) is 14.2. The van der Waals surface area contributed by atoms with Crippen LogP contribution in [0.1, 0.15) is 5.56 Å². The van der Waals surface area contributed by atoms with Crippen LogP contribution in [0.5, 0.6) is 5.75 Å². The van der Waals surface area contributed by atoms with E-state index in [-0.39, 0.29) is 24.8 Å². The van der Waals surface area contributed by atoms with E-state index in [1.807, 2.05) is 44.3 Å². The Kier molecular flexibility index (Phi) is 10.2. The van der Waals surface area contributed by atoms with Gasteiger partial charge in [0.2, 0.25) is 0 Å². The Bertz CT molecular complexity index is 289. The fourth-order valence-corrected chi connectivity index (χ4v) is 3.36. The standard InChI is InChI=1S/C7H8O.C2H7Si.2ClH.FH.Ti/c1-6-3-2-4-7(8)5-6;1-3-2;;;;/h2-5,8H,1H3;3H,1-2H3;3*1H;/q;;;;;+2/p-2. The van der Waals surface area contributed by atoms with Crippen molar-refractivity contribution in [3.63, 3.8) is 0 Å². The van der Waals surface area contributed by atoms with Crippen LogP contribution < -0.4 is 3.32 Å². The molecule has 1 aromatic carbocycles. The SMILES string of the molecule is Cc1cccc([O][Ti]([F])[SiH](C)C)c1.Cl.Cl. The zero-order valence-electron chi connectivity index (χ0n) is 8.99. The molecule has 0 fully saturated rings. The van der Waals surface area contributed by atoms with Crippen LogP contribution in [0.2, 0.25) is 13.1 Å². The van der Waals surface area contributed by atoms with Crippen molar-refractivity contribution in [2.45, 2.75) is 20.0 Å². The van der Waals surface area contributed by atoms with Crippen molar-refractivity contribution in [2.24, 2.45) is 0 Å². The Morgan fingerprint density at radius 2 is 1.87 bits per heavy atom. The molecule has 0 saturated heterocycles. The van der Waals surface area contributed by atoms with Crippen LogP contribution in [0, 0.1) is 6.92 Å². The summed E-state index contributed by atoms with van der Waals surface area (Å²) < 4.78 is 18.7. The van der Waals surface area contributed by atoms with Gasteiger partial charge in [-0.3, -0.25) is 0 Å². The summed E-state index contributed by atoms with van der Waals surface area (Å²) >= 11 is -2.64. The Balaban J connectivity index is 0. The molecule has 0 atom stereocenters. The predicted octanol–water partition coefficient (Wildman–Crippen LogP) is 3.62. The molecule has 0 bridgehead atoms. The summed E-state index contributed by atoms with van der Waals surface area (Å²) in [5.74, 6) is 0.707. The minimum atomic E-state index is -2.64. The molecule has 87 valence electrons. The van der Waals surface area contributed by atoms with E-state index in [1.54, 1.807) is 0 Å². The van der Waals surface area contributed by atoms with Gasteiger partial charge in [0.05, 0.1) is 0 Å². The molecule has 0 unspecified atom stereocenters. The Morgan fingerprint density at radius 3 is 2.33 bits per heavy atom. The van der Waals surface area contributed by atoms with Gasteiger partial charge in [0.1, 0.15) is 0 Å². The predicted molar refractivity (Wildman–Crippen MR) is 66.3 cm³/mol. The van der Waals surface area contributed by atoms with Crippen LogP contribution in [0.4, 0.5) is 3.09 Å². The molecule has 1 aromatic rings. The minimum Gasteiger partial charge on any atom is -0.147 e. The molecule has 0 radical (unpaired) electrons. The van der Waals surface area contributed by atoms with E-state index in [9.17, 15) is 3.09 Å². The topological polar surface area (TPSA) is 9.23 Å². The van der Waals surface area contributed by atoms with Crippen molar-refractivity contribution in [3.8, 4) is 5.75 Å². The van der Waals surface area contributed by atoms with E-state index < -0.39 is 24.7 Å². The Labute approximate surface area is 111 Å². The normalized spacial score (nSPS) is 8.87. The van der Waals surface area contributed by atoms with Gasteiger partial charge < -0.3 is 0 Å². The number of aryl methyl sites for hydroxylation is 1. The van der Waals surface area contributed by atoms with Gasteiger partial charge >= 0.3 is 86.7 Å². The first-order valence-electron chi connectivity index (χ1n) is 4.36. The van der Waals surface area contributed by atoms with E-state index in [1.165, 1.54) is 0 Å². The average Bonchev–Trinajstić information content (AvgIpc) is 2.04. The second kappa shape index (κ2) is 8.59. The van der Waals surface area contributed by atoms with Crippen molar-refractivity contribution >= 4 is 31.5 Å². The largest absolute Gasteiger partial charge is 0.147 e. The third-order valence-electron chi connectivity index (χ3n) is 1.66. The third-order valence-corrected chi connectivity index (χ3v) is 7.98. The van der Waals surface area contributed by atoms with E-state index in [0.29, 0.717) is 5.75 Å². The van der Waals surface area contributed by atoms with Gasteiger partial charge in [0, 0.05) is 0 Å². The maximum Gasteiger partial charge on any atom is -0.147 e. The van der Waals surface area contributed by atoms with Gasteiger partial charge in [0.15, 0.2) is 0 Å². The molecule has 1 rings (SSSR count). The summed E-state index contributed by atoms with van der Waals surface area (Å²) in [4.78, 5) is 0. The molecule has 0 N–H and O–H groups in total. The average molecular weight is 306 g/mol. The number of hydrogen-bond donors (Lipinski definition) is 0. The first-order valence-corrected chi connectivity index (χ1v) is 11.2. The molecule has 0 amide bonds. The second-order valence-electron chi connectivity index (χ2n) is 3.38. The molecule has 0 aliphatic rings. The van der Waals surface area contributed by atoms with Crippen molar-refractivity contribution in [2.75, 3.05) is 0 Å². The van der Waals surface area contributed by atoms with Crippen LogP contribution in [-0.2, 0) is 18.0 Å². The first kappa shape index (κ1) is 17.8. The van der Waals surface area contributed by atoms with Crippen LogP contribution >= 0.6 is 24.8 Å². The van der Waals surface area contributed by atoms with Crippen LogP contribution in [0.3, 0.4) is 0 Å². The molecular formula is C9H16Cl2FOSiTi. The summed E-state index contributed by atoms with van der Waals surface area (Å²) in [5.41, 5.74) is 1.12. The zero-order chi connectivity index (χ0) is 9.84. The van der Waals surface area contributed by atoms with Gasteiger partial charge in [-0.1, -0.05) is 0 Å². The molecule has 0 aliphatic carbocycles. The third kappa shape index (κ3) is 6.59. The first-order chi connectivity index (χ1) is 6.09. The molecule has 0 aromatic heterocycles. The molecule has 0 spiro atoms. The molecule has 6 heteroatoms. The van der Waals surface area contributed by atoms with E-state index >= 15 is 0 Å². The van der Waals surface area contributed by atoms with Crippen molar-refractivity contribution in [3.05, 3.63) is 29.8 Å². The van der Waals surface area contributed by atoms with Crippen LogP contribution in [-0.4, -0.2) is 6.66 Å². The smallest absolute Gasteiger partial charge is 0.147 e. The number of halogens is 3. The van der Waals surface area contributed by atoms with Crippen LogP contribution in [0.15, 0.2) is 24.3 Å². The molecule has 1 nitrogen and oxygen atoms in total. The van der Waals surface area contributed by atoms with Crippen molar-refractivity contribution < 1.29 is 24.5 Å². The summed E-state index contributed by atoms with van der Waals surface area (Å²) in [7, 11) is 0. The number of benzene rings is 1. The molecule has 0 heterocycles. The molecule has 15 heavy (non-hydrogen) atoms. The van der Waals surface area contributed by atoms with E-state index in [4.69, 9.17) is 3.32 Å². The van der Waals surface area contributed by atoms with E-state index in [0.717, 1.165) is 5.56 Å². The van der Waals surface area contributed by atoms with Gasteiger partial charge in [-0.25, -0.2) is 0 Å². The van der Waals surface area contributed by atoms with E-state index in [2.05, 4.69) is 0 Å². The van der Waals surface area contributed by atoms with Crippen LogP contribution in [0.25, 0.3) is 0 Å². The summed E-state index contributed by atoms with van der Waals surface area (Å²) in [6.07, 6.45) is 0. The minimum absolute atomic E-state index is 0. The maximum absolute atomic E-state index is 13.3.